The molecule has 1 saturated carbocycles. The van der Waals surface area contributed by atoms with Crippen LogP contribution in [-0.4, -0.2) is 12.1 Å². The fourth-order valence-corrected chi connectivity index (χ4v) is 1.47. The summed E-state index contributed by atoms with van der Waals surface area (Å²) in [6.45, 7) is 4.62. The topological polar surface area (TPSA) is 58.2 Å². The van der Waals surface area contributed by atoms with Crippen molar-refractivity contribution in [3.05, 3.63) is 20.4 Å². The average Bonchev–Trinajstić information content (AvgIpc) is 2.90. The molecule has 1 aromatic carbocycles. The van der Waals surface area contributed by atoms with E-state index in [4.69, 9.17) is 0 Å². The molecule has 14 heavy (non-hydrogen) atoms. The van der Waals surface area contributed by atoms with Crippen LogP contribution in [0.5, 0.6) is 0 Å². The van der Waals surface area contributed by atoms with Crippen molar-refractivity contribution in [3.8, 4) is 0 Å². The van der Waals surface area contributed by atoms with Crippen molar-refractivity contribution in [2.45, 2.75) is 32.2 Å². The highest BCUT2D eigenvalue weighted by atomic mass is 16.2. The maximum Gasteiger partial charge on any atom is 0.253 e. The van der Waals surface area contributed by atoms with E-state index in [1.54, 1.807) is 0 Å². The van der Waals surface area contributed by atoms with Crippen LogP contribution in [0.4, 0.5) is 11.4 Å². The molecule has 4 heteroatoms. The monoisotopic (exact) mass is 194 g/mol. The van der Waals surface area contributed by atoms with Crippen LogP contribution in [-0.2, 0) is 0 Å². The molecule has 0 amide bonds. The first-order valence-corrected chi connectivity index (χ1v) is 4.93. The molecule has 0 unspecified atom stereocenters. The van der Waals surface area contributed by atoms with E-state index in [1.807, 2.05) is 6.92 Å². The first kappa shape index (κ1) is 9.24. The van der Waals surface area contributed by atoms with E-state index in [-0.39, 0.29) is 11.0 Å². The van der Waals surface area contributed by atoms with E-state index >= 15 is 0 Å². The van der Waals surface area contributed by atoms with Gasteiger partial charge in [-0.2, -0.15) is 0 Å². The lowest BCUT2D eigenvalue weighted by Gasteiger charge is -2.17. The SMILES string of the molecule is CCNc1c(NC2(C)CC2)c(=O)c1=O. The maximum absolute atomic E-state index is 11.2. The van der Waals surface area contributed by atoms with Gasteiger partial charge in [0.15, 0.2) is 0 Å². The van der Waals surface area contributed by atoms with E-state index in [1.165, 1.54) is 0 Å². The molecule has 0 radical (unpaired) electrons. The van der Waals surface area contributed by atoms with Crippen molar-refractivity contribution in [2.24, 2.45) is 0 Å². The first-order chi connectivity index (χ1) is 6.57. The van der Waals surface area contributed by atoms with Crippen molar-refractivity contribution >= 4 is 11.4 Å². The van der Waals surface area contributed by atoms with E-state index in [0.29, 0.717) is 17.9 Å². The third kappa shape index (κ3) is 1.31. The second-order valence-electron chi connectivity index (χ2n) is 4.12. The van der Waals surface area contributed by atoms with E-state index in [0.717, 1.165) is 12.8 Å². The predicted molar refractivity (Wildman–Crippen MR) is 56.8 cm³/mol. The molecule has 0 bridgehead atoms. The minimum Gasteiger partial charge on any atom is -0.380 e. The molecule has 0 atom stereocenters. The Balaban J connectivity index is 2.21. The van der Waals surface area contributed by atoms with Crippen molar-refractivity contribution < 1.29 is 0 Å². The van der Waals surface area contributed by atoms with Gasteiger partial charge in [0.1, 0.15) is 11.4 Å². The van der Waals surface area contributed by atoms with E-state index < -0.39 is 5.43 Å². The van der Waals surface area contributed by atoms with Crippen LogP contribution in [0, 0.1) is 0 Å². The highest BCUT2D eigenvalue weighted by molar-refractivity contribution is 5.75. The molecule has 1 aromatic rings. The molecule has 1 aliphatic rings. The van der Waals surface area contributed by atoms with Crippen molar-refractivity contribution in [2.75, 3.05) is 17.2 Å². The summed E-state index contributed by atoms with van der Waals surface area (Å²) in [5.74, 6) is 0. The smallest absolute Gasteiger partial charge is 0.253 e. The lowest BCUT2D eigenvalue weighted by Crippen LogP contribution is -2.39. The third-order valence-corrected chi connectivity index (χ3v) is 2.69. The number of nitrogens with one attached hydrogen (secondary N) is 2. The lowest BCUT2D eigenvalue weighted by atomic mass is 10.1. The van der Waals surface area contributed by atoms with Gasteiger partial charge < -0.3 is 10.6 Å². The van der Waals surface area contributed by atoms with Gasteiger partial charge in [-0.1, -0.05) is 0 Å². The number of hydrogen-bond donors (Lipinski definition) is 2. The van der Waals surface area contributed by atoms with Crippen molar-refractivity contribution in [1.29, 1.82) is 0 Å². The Bertz CT molecular complexity index is 425. The summed E-state index contributed by atoms with van der Waals surface area (Å²) in [7, 11) is 0. The fourth-order valence-electron chi connectivity index (χ4n) is 1.47. The zero-order chi connectivity index (χ0) is 10.3. The Morgan fingerprint density at radius 3 is 2.29 bits per heavy atom. The van der Waals surface area contributed by atoms with Crippen LogP contribution < -0.4 is 21.5 Å². The molecule has 0 aromatic heterocycles. The molecule has 2 N–H and O–H groups in total. The summed E-state index contributed by atoms with van der Waals surface area (Å²) in [6, 6.07) is 0. The van der Waals surface area contributed by atoms with Crippen molar-refractivity contribution in [1.82, 2.24) is 0 Å². The summed E-state index contributed by atoms with van der Waals surface area (Å²) in [5.41, 5.74) is 0.224. The van der Waals surface area contributed by atoms with Gasteiger partial charge in [0.25, 0.3) is 10.9 Å². The van der Waals surface area contributed by atoms with Crippen LogP contribution >= 0.6 is 0 Å². The first-order valence-electron chi connectivity index (χ1n) is 4.93. The molecule has 2 rings (SSSR count). The summed E-state index contributed by atoms with van der Waals surface area (Å²) < 4.78 is 0. The molecule has 76 valence electrons. The Kier molecular flexibility index (Phi) is 1.87. The predicted octanol–water partition coefficient (Wildman–Crippen LogP) is 0.679. The molecule has 0 aliphatic heterocycles. The van der Waals surface area contributed by atoms with Crippen LogP contribution in [0.3, 0.4) is 0 Å². The third-order valence-electron chi connectivity index (χ3n) is 2.69. The van der Waals surface area contributed by atoms with Gasteiger partial charge in [-0.15, -0.1) is 0 Å². The standard InChI is InChI=1S/C10H14N2O2/c1-3-11-6-7(9(14)8(6)13)12-10(2)4-5-10/h11-12H,3-5H2,1-2H3. The molecule has 0 heterocycles. The van der Waals surface area contributed by atoms with Gasteiger partial charge in [-0.05, 0) is 26.7 Å². The number of rotatable bonds is 4. The summed E-state index contributed by atoms with van der Waals surface area (Å²) in [6.07, 6.45) is 2.13. The number of hydrogen-bond acceptors (Lipinski definition) is 4. The van der Waals surface area contributed by atoms with E-state index in [2.05, 4.69) is 17.6 Å². The Morgan fingerprint density at radius 1 is 1.21 bits per heavy atom. The van der Waals surface area contributed by atoms with Gasteiger partial charge >= 0.3 is 0 Å². The Morgan fingerprint density at radius 2 is 1.79 bits per heavy atom. The second-order valence-corrected chi connectivity index (χ2v) is 4.12. The average molecular weight is 194 g/mol. The quantitative estimate of drug-likeness (QED) is 0.692. The lowest BCUT2D eigenvalue weighted by molar-refractivity contribution is 0.825. The summed E-state index contributed by atoms with van der Waals surface area (Å²) in [5, 5.41) is 6.04. The van der Waals surface area contributed by atoms with E-state index in [9.17, 15) is 9.59 Å². The summed E-state index contributed by atoms with van der Waals surface area (Å²) in [4.78, 5) is 22.4. The van der Waals surface area contributed by atoms with Crippen molar-refractivity contribution in [3.63, 3.8) is 0 Å². The number of anilines is 2. The summed E-state index contributed by atoms with van der Waals surface area (Å²) >= 11 is 0. The minimum atomic E-state index is -0.390. The maximum atomic E-state index is 11.2. The van der Waals surface area contributed by atoms with Gasteiger partial charge in [0, 0.05) is 12.1 Å². The Labute approximate surface area is 82.0 Å². The van der Waals surface area contributed by atoms with Gasteiger partial charge in [-0.25, -0.2) is 0 Å². The molecular weight excluding hydrogens is 180 g/mol. The van der Waals surface area contributed by atoms with Crippen LogP contribution in [0.1, 0.15) is 26.7 Å². The van der Waals surface area contributed by atoms with Crippen LogP contribution in [0.15, 0.2) is 9.59 Å². The molecule has 1 fully saturated rings. The molecule has 0 spiro atoms. The highest BCUT2D eigenvalue weighted by Crippen LogP contribution is 2.38. The zero-order valence-electron chi connectivity index (χ0n) is 8.44. The highest BCUT2D eigenvalue weighted by Gasteiger charge is 2.39. The molecule has 0 saturated heterocycles. The normalized spacial score (nSPS) is 18.1. The van der Waals surface area contributed by atoms with Gasteiger partial charge in [0.05, 0.1) is 0 Å². The fraction of sp³-hybridized carbons (Fsp3) is 0.600. The minimum absolute atomic E-state index is 0.0480. The molecule has 1 aliphatic carbocycles. The van der Waals surface area contributed by atoms with Crippen LogP contribution in [0.25, 0.3) is 0 Å². The second kappa shape index (κ2) is 2.83. The zero-order valence-corrected chi connectivity index (χ0v) is 8.44. The van der Waals surface area contributed by atoms with Gasteiger partial charge in [-0.3, -0.25) is 9.59 Å². The van der Waals surface area contributed by atoms with Gasteiger partial charge in [0.2, 0.25) is 0 Å². The Hall–Kier alpha value is -1.32. The largest absolute Gasteiger partial charge is 0.380 e. The molecule has 4 nitrogen and oxygen atoms in total. The van der Waals surface area contributed by atoms with Crippen LogP contribution in [0.2, 0.25) is 0 Å². The molecular formula is C10H14N2O2.